The number of carbonyl (C=O) groups excluding carboxylic acids is 1. The Hall–Kier alpha value is -5.38. The first kappa shape index (κ1) is 23.4. The summed E-state index contributed by atoms with van der Waals surface area (Å²) < 4.78 is 0. The zero-order valence-electron chi connectivity index (χ0n) is 19.4. The Bertz CT molecular complexity index is 1520. The molecule has 5 aromatic rings. The second kappa shape index (κ2) is 10.5. The standard InChI is InChI=1S/C27H21N7O3/c35-27(22(18-9-3-1-4-10-18)19-11-5-2-6-12-19)33-32-26-24(34(36)37)25(29-17-30-26)31-21-15-7-13-20-14-8-16-28-23(20)21/h1-17,22H,(H,33,35)(H2,29,30,31,32). The molecule has 0 fully saturated rings. The Morgan fingerprint density at radius 3 is 2.11 bits per heavy atom. The van der Waals surface area contributed by atoms with Crippen molar-refractivity contribution in [2.75, 3.05) is 10.7 Å². The van der Waals surface area contributed by atoms with Crippen LogP contribution < -0.4 is 16.2 Å². The Kier molecular flexibility index (Phi) is 6.62. The Balaban J connectivity index is 1.43. The monoisotopic (exact) mass is 491 g/mol. The van der Waals surface area contributed by atoms with E-state index in [1.165, 1.54) is 6.33 Å². The highest BCUT2D eigenvalue weighted by Crippen LogP contribution is 2.33. The molecule has 0 aliphatic carbocycles. The summed E-state index contributed by atoms with van der Waals surface area (Å²) in [6, 6.07) is 27.7. The van der Waals surface area contributed by atoms with Gasteiger partial charge in [-0.25, -0.2) is 9.97 Å². The first-order valence-corrected chi connectivity index (χ1v) is 11.4. The predicted molar refractivity (Wildman–Crippen MR) is 140 cm³/mol. The third kappa shape index (κ3) is 5.03. The fourth-order valence-electron chi connectivity index (χ4n) is 4.05. The van der Waals surface area contributed by atoms with Crippen LogP contribution in [0.25, 0.3) is 10.9 Å². The zero-order chi connectivity index (χ0) is 25.6. The van der Waals surface area contributed by atoms with E-state index in [-0.39, 0.29) is 11.6 Å². The molecule has 2 heterocycles. The number of para-hydroxylation sites is 1. The van der Waals surface area contributed by atoms with Crippen molar-refractivity contribution >= 4 is 39.8 Å². The first-order valence-electron chi connectivity index (χ1n) is 11.4. The van der Waals surface area contributed by atoms with Crippen LogP contribution in [0.4, 0.5) is 23.0 Å². The second-order valence-corrected chi connectivity index (χ2v) is 8.05. The number of nitrogens with one attached hydrogen (secondary N) is 3. The van der Waals surface area contributed by atoms with Crippen molar-refractivity contribution in [3.05, 3.63) is 125 Å². The maximum Gasteiger partial charge on any atom is 0.355 e. The van der Waals surface area contributed by atoms with E-state index in [0.717, 1.165) is 16.5 Å². The van der Waals surface area contributed by atoms with E-state index in [2.05, 4.69) is 31.1 Å². The van der Waals surface area contributed by atoms with Crippen molar-refractivity contribution in [3.8, 4) is 0 Å². The molecule has 0 atom stereocenters. The van der Waals surface area contributed by atoms with Gasteiger partial charge < -0.3 is 5.32 Å². The van der Waals surface area contributed by atoms with Crippen molar-refractivity contribution in [2.45, 2.75) is 5.92 Å². The van der Waals surface area contributed by atoms with Gasteiger partial charge in [0, 0.05) is 11.6 Å². The molecule has 0 aliphatic heterocycles. The Labute approximate surface area is 211 Å². The summed E-state index contributed by atoms with van der Waals surface area (Å²) in [5.41, 5.74) is 7.52. The molecule has 0 bridgehead atoms. The molecule has 3 N–H and O–H groups in total. The van der Waals surface area contributed by atoms with Gasteiger partial charge in [-0.05, 0) is 23.3 Å². The molecular weight excluding hydrogens is 470 g/mol. The van der Waals surface area contributed by atoms with Gasteiger partial charge in [-0.3, -0.25) is 30.7 Å². The van der Waals surface area contributed by atoms with Gasteiger partial charge in [-0.1, -0.05) is 78.9 Å². The molecule has 0 saturated heterocycles. The minimum absolute atomic E-state index is 0.0439. The number of nitro groups is 1. The third-order valence-corrected chi connectivity index (χ3v) is 5.72. The summed E-state index contributed by atoms with van der Waals surface area (Å²) in [4.78, 5) is 37.2. The van der Waals surface area contributed by atoms with E-state index in [1.807, 2.05) is 84.9 Å². The summed E-state index contributed by atoms with van der Waals surface area (Å²) in [6.45, 7) is 0. The van der Waals surface area contributed by atoms with Crippen LogP contribution in [0.1, 0.15) is 17.0 Å². The lowest BCUT2D eigenvalue weighted by Gasteiger charge is -2.18. The van der Waals surface area contributed by atoms with E-state index in [1.54, 1.807) is 12.3 Å². The largest absolute Gasteiger partial charge is 0.355 e. The lowest BCUT2D eigenvalue weighted by molar-refractivity contribution is -0.383. The number of hydrazine groups is 1. The number of hydrogen-bond donors (Lipinski definition) is 3. The van der Waals surface area contributed by atoms with Gasteiger partial charge in [0.15, 0.2) is 0 Å². The number of fused-ring (bicyclic) bond motifs is 1. The number of pyridine rings is 1. The van der Waals surface area contributed by atoms with Crippen molar-refractivity contribution in [1.29, 1.82) is 0 Å². The van der Waals surface area contributed by atoms with Crippen LogP contribution in [-0.2, 0) is 4.79 Å². The van der Waals surface area contributed by atoms with Crippen LogP contribution in [0.3, 0.4) is 0 Å². The summed E-state index contributed by atoms with van der Waals surface area (Å²) >= 11 is 0. The summed E-state index contributed by atoms with van der Waals surface area (Å²) in [5.74, 6) is -1.25. The number of nitrogens with zero attached hydrogens (tertiary/aromatic N) is 4. The highest BCUT2D eigenvalue weighted by atomic mass is 16.6. The molecule has 1 amide bonds. The molecule has 0 aliphatic rings. The van der Waals surface area contributed by atoms with Crippen molar-refractivity contribution in [3.63, 3.8) is 0 Å². The van der Waals surface area contributed by atoms with Gasteiger partial charge >= 0.3 is 5.69 Å². The van der Waals surface area contributed by atoms with E-state index in [0.29, 0.717) is 11.2 Å². The molecule has 5 rings (SSSR count). The van der Waals surface area contributed by atoms with E-state index < -0.39 is 22.4 Å². The number of benzene rings is 3. The molecule has 2 aromatic heterocycles. The topological polar surface area (TPSA) is 135 Å². The van der Waals surface area contributed by atoms with Crippen molar-refractivity contribution in [2.24, 2.45) is 0 Å². The summed E-state index contributed by atoms with van der Waals surface area (Å²) in [6.07, 6.45) is 2.81. The molecule has 0 spiro atoms. The van der Waals surface area contributed by atoms with Crippen LogP contribution in [-0.4, -0.2) is 25.8 Å². The number of amides is 1. The minimum Gasteiger partial charge on any atom is -0.332 e. The molecule has 0 saturated carbocycles. The van der Waals surface area contributed by atoms with Crippen molar-refractivity contribution < 1.29 is 9.72 Å². The number of hydrogen-bond acceptors (Lipinski definition) is 8. The molecule has 10 nitrogen and oxygen atoms in total. The molecule has 3 aromatic carbocycles. The molecule has 10 heteroatoms. The molecule has 182 valence electrons. The Morgan fingerprint density at radius 1 is 0.784 bits per heavy atom. The van der Waals surface area contributed by atoms with Gasteiger partial charge in [0.25, 0.3) is 0 Å². The van der Waals surface area contributed by atoms with Gasteiger partial charge in [0.05, 0.1) is 22.0 Å². The number of carbonyl (C=O) groups is 1. The normalized spacial score (nSPS) is 10.7. The smallest absolute Gasteiger partial charge is 0.332 e. The quantitative estimate of drug-likeness (QED) is 0.205. The maximum absolute atomic E-state index is 13.3. The zero-order valence-corrected chi connectivity index (χ0v) is 19.4. The van der Waals surface area contributed by atoms with Gasteiger partial charge in [-0.15, -0.1) is 0 Å². The van der Waals surface area contributed by atoms with Crippen molar-refractivity contribution in [1.82, 2.24) is 20.4 Å². The predicted octanol–water partition coefficient (Wildman–Crippen LogP) is 4.95. The molecule has 37 heavy (non-hydrogen) atoms. The SMILES string of the molecule is O=C(NNc1ncnc(Nc2cccc3cccnc23)c1[N+](=O)[O-])C(c1ccccc1)c1ccccc1. The molecule has 0 radical (unpaired) electrons. The minimum atomic E-state index is -0.643. The maximum atomic E-state index is 13.3. The Morgan fingerprint density at radius 2 is 1.43 bits per heavy atom. The fourth-order valence-corrected chi connectivity index (χ4v) is 4.05. The molecule has 0 unspecified atom stereocenters. The van der Waals surface area contributed by atoms with Gasteiger partial charge in [-0.2, -0.15) is 0 Å². The third-order valence-electron chi connectivity index (χ3n) is 5.72. The second-order valence-electron chi connectivity index (χ2n) is 8.05. The highest BCUT2D eigenvalue weighted by Gasteiger charge is 2.26. The number of rotatable bonds is 8. The summed E-state index contributed by atoms with van der Waals surface area (Å²) in [5, 5.41) is 15.9. The average molecular weight is 492 g/mol. The van der Waals surface area contributed by atoms with Gasteiger partial charge in [0.1, 0.15) is 6.33 Å². The van der Waals surface area contributed by atoms with Gasteiger partial charge in [0.2, 0.25) is 17.5 Å². The highest BCUT2D eigenvalue weighted by molar-refractivity contribution is 5.93. The van der Waals surface area contributed by atoms with E-state index in [4.69, 9.17) is 0 Å². The van der Waals surface area contributed by atoms with Crippen LogP contribution in [0.2, 0.25) is 0 Å². The first-order chi connectivity index (χ1) is 18.1. The van der Waals surface area contributed by atoms with Crippen LogP contribution in [0, 0.1) is 10.1 Å². The van der Waals surface area contributed by atoms with E-state index >= 15 is 0 Å². The van der Waals surface area contributed by atoms with Crippen LogP contribution >= 0.6 is 0 Å². The lowest BCUT2D eigenvalue weighted by Crippen LogP contribution is -2.35. The van der Waals surface area contributed by atoms with E-state index in [9.17, 15) is 14.9 Å². The fraction of sp³-hybridized carbons (Fsp3) is 0.0370. The summed E-state index contributed by atoms with van der Waals surface area (Å²) in [7, 11) is 0. The molecular formula is C27H21N7O3. The number of anilines is 3. The van der Waals surface area contributed by atoms with Crippen LogP contribution in [0.15, 0.2) is 104 Å². The van der Waals surface area contributed by atoms with Crippen LogP contribution in [0.5, 0.6) is 0 Å². The average Bonchev–Trinajstić information content (AvgIpc) is 2.93. The lowest BCUT2D eigenvalue weighted by atomic mass is 9.91. The number of aromatic nitrogens is 3.